The van der Waals surface area contributed by atoms with Gasteiger partial charge in [0.05, 0.1) is 28.6 Å². The molecule has 1 aromatic rings. The maximum absolute atomic E-state index is 2.47. The van der Waals surface area contributed by atoms with E-state index in [1.807, 2.05) is 11.8 Å². The van der Waals surface area contributed by atoms with Crippen molar-refractivity contribution in [1.29, 1.82) is 0 Å². The van der Waals surface area contributed by atoms with Crippen molar-refractivity contribution in [3.63, 3.8) is 0 Å². The summed E-state index contributed by atoms with van der Waals surface area (Å²) < 4.78 is 2.39. The van der Waals surface area contributed by atoms with Gasteiger partial charge in [0.2, 0.25) is 0 Å². The smallest absolute Gasteiger partial charge is 0.0643 e. The predicted octanol–water partition coefficient (Wildman–Crippen LogP) is 4.78. The van der Waals surface area contributed by atoms with E-state index in [2.05, 4.69) is 50.2 Å². The van der Waals surface area contributed by atoms with Crippen LogP contribution >= 0.6 is 34.6 Å². The quantitative estimate of drug-likeness (QED) is 0.493. The number of para-hydroxylation sites is 1. The molecule has 0 saturated heterocycles. The summed E-state index contributed by atoms with van der Waals surface area (Å²) in [5, 5.41) is 0. The summed E-state index contributed by atoms with van der Waals surface area (Å²) in [6.45, 7) is 0. The van der Waals surface area contributed by atoms with Gasteiger partial charge in [0.25, 0.3) is 0 Å². The fourth-order valence-electron chi connectivity index (χ4n) is 2.40. The molecule has 0 atom stereocenters. The van der Waals surface area contributed by atoms with Crippen molar-refractivity contribution in [2.45, 2.75) is 30.6 Å². The first-order valence-electron chi connectivity index (χ1n) is 5.75. The molecule has 1 aliphatic carbocycles. The van der Waals surface area contributed by atoms with Crippen LogP contribution in [0.1, 0.15) is 25.7 Å². The molecule has 3 rings (SSSR count). The first kappa shape index (κ1) is 11.0. The average Bonchev–Trinajstić information content (AvgIpc) is 2.49. The van der Waals surface area contributed by atoms with Gasteiger partial charge in [-0.2, -0.15) is 0 Å². The summed E-state index contributed by atoms with van der Waals surface area (Å²) in [5.74, 6) is 1.19. The zero-order valence-electron chi connectivity index (χ0n) is 9.08. The first-order chi connectivity index (χ1) is 7.86. The molecule has 1 nitrogen and oxygen atoms in total. The fraction of sp³-hybridized carbons (Fsp3) is 0.385. The van der Waals surface area contributed by atoms with Gasteiger partial charge in [0.1, 0.15) is 0 Å². The number of fused-ring (bicyclic) bond motifs is 1. The van der Waals surface area contributed by atoms with Crippen molar-refractivity contribution in [1.82, 2.24) is 0 Å². The topological polar surface area (TPSA) is 3.24 Å². The van der Waals surface area contributed by atoms with E-state index in [0.29, 0.717) is 0 Å². The van der Waals surface area contributed by atoms with Gasteiger partial charge in [-0.3, -0.25) is 3.11 Å². The van der Waals surface area contributed by atoms with E-state index in [1.165, 1.54) is 42.0 Å². The van der Waals surface area contributed by atoms with E-state index < -0.39 is 0 Å². The van der Waals surface area contributed by atoms with E-state index in [-0.39, 0.29) is 0 Å². The molecule has 0 unspecified atom stereocenters. The zero-order valence-corrected chi connectivity index (χ0v) is 12.1. The number of allylic oxidation sites excluding steroid dienone is 1. The second-order valence-electron chi connectivity index (χ2n) is 4.29. The van der Waals surface area contributed by atoms with Crippen molar-refractivity contribution in [2.24, 2.45) is 0 Å². The van der Waals surface area contributed by atoms with Gasteiger partial charge in [0, 0.05) is 16.3 Å². The summed E-state index contributed by atoms with van der Waals surface area (Å²) in [6, 6.07) is 8.75. The molecule has 0 amide bonds. The fourth-order valence-corrected chi connectivity index (χ4v) is 4.69. The molecule has 3 heteroatoms. The molecule has 2 aliphatic rings. The van der Waals surface area contributed by atoms with E-state index in [0.717, 1.165) is 0 Å². The Hall–Kier alpha value is -0.160. The van der Waals surface area contributed by atoms with Gasteiger partial charge in [-0.15, -0.1) is 11.8 Å². The number of hydrogen-bond donors (Lipinski definition) is 0. The highest BCUT2D eigenvalue weighted by Crippen LogP contribution is 2.43. The van der Waals surface area contributed by atoms with Crippen LogP contribution < -0.4 is 3.11 Å². The minimum atomic E-state index is 1.19. The molecular weight excluding hydrogens is 329 g/mol. The third kappa shape index (κ3) is 1.88. The second-order valence-corrected chi connectivity index (χ2v) is 6.28. The Morgan fingerprint density at radius 1 is 1.12 bits per heavy atom. The lowest BCUT2D eigenvalue weighted by Crippen LogP contribution is -2.14. The van der Waals surface area contributed by atoms with Crippen LogP contribution in [-0.2, 0) is 0 Å². The minimum absolute atomic E-state index is 1.19. The molecule has 0 saturated carbocycles. The molecule has 1 aromatic carbocycles. The Bertz CT molecular complexity index is 441. The standard InChI is InChI=1S/C13H14INS/c14-15-11-6-2-1-5-10(11)9-16-13-8-4-3-7-12(13)15/h3-4,7-8H,1-2,5-6,9H2. The zero-order chi connectivity index (χ0) is 11.0. The molecule has 0 aromatic heterocycles. The number of anilines is 1. The average molecular weight is 343 g/mol. The Balaban J connectivity index is 2.05. The number of thioether (sulfide) groups is 1. The van der Waals surface area contributed by atoms with Gasteiger partial charge in [0.15, 0.2) is 0 Å². The van der Waals surface area contributed by atoms with Crippen LogP contribution in [0, 0.1) is 0 Å². The SMILES string of the molecule is IN1C2=C(CCCC2)CSc2ccccc21. The van der Waals surface area contributed by atoms with Gasteiger partial charge in [-0.1, -0.05) is 12.1 Å². The van der Waals surface area contributed by atoms with Gasteiger partial charge in [-0.05, 0) is 43.4 Å². The monoisotopic (exact) mass is 343 g/mol. The summed E-state index contributed by atoms with van der Waals surface area (Å²) in [7, 11) is 0. The summed E-state index contributed by atoms with van der Waals surface area (Å²) in [5.41, 5.74) is 4.62. The highest BCUT2D eigenvalue weighted by molar-refractivity contribution is 14.1. The number of hydrogen-bond acceptors (Lipinski definition) is 2. The van der Waals surface area contributed by atoms with E-state index in [1.54, 1.807) is 11.3 Å². The predicted molar refractivity (Wildman–Crippen MR) is 79.2 cm³/mol. The Morgan fingerprint density at radius 3 is 2.88 bits per heavy atom. The lowest BCUT2D eigenvalue weighted by molar-refractivity contribution is 0.672. The maximum atomic E-state index is 2.47. The molecule has 1 aliphatic heterocycles. The number of nitrogens with zero attached hydrogens (tertiary/aromatic N) is 1. The van der Waals surface area contributed by atoms with Crippen LogP contribution in [0.2, 0.25) is 0 Å². The van der Waals surface area contributed by atoms with Crippen molar-refractivity contribution in [2.75, 3.05) is 8.87 Å². The molecule has 1 heterocycles. The maximum Gasteiger partial charge on any atom is 0.0643 e. The van der Waals surface area contributed by atoms with Crippen LogP contribution in [0.4, 0.5) is 5.69 Å². The van der Waals surface area contributed by atoms with Gasteiger partial charge < -0.3 is 0 Å². The van der Waals surface area contributed by atoms with Crippen molar-refractivity contribution < 1.29 is 0 Å². The van der Waals surface area contributed by atoms with Crippen LogP contribution in [0.5, 0.6) is 0 Å². The third-order valence-corrected chi connectivity index (χ3v) is 5.52. The molecule has 0 radical (unpaired) electrons. The van der Waals surface area contributed by atoms with Gasteiger partial charge in [-0.25, -0.2) is 0 Å². The molecule has 0 spiro atoms. The van der Waals surface area contributed by atoms with Crippen molar-refractivity contribution >= 4 is 40.3 Å². The lowest BCUT2D eigenvalue weighted by atomic mass is 9.97. The molecule has 16 heavy (non-hydrogen) atoms. The first-order valence-corrected chi connectivity index (χ1v) is 7.70. The minimum Gasteiger partial charge on any atom is -0.286 e. The molecule has 0 fully saturated rings. The van der Waals surface area contributed by atoms with Crippen molar-refractivity contribution in [3.05, 3.63) is 35.5 Å². The van der Waals surface area contributed by atoms with Crippen LogP contribution in [0.3, 0.4) is 0 Å². The number of rotatable bonds is 0. The van der Waals surface area contributed by atoms with Crippen LogP contribution in [0.15, 0.2) is 40.4 Å². The largest absolute Gasteiger partial charge is 0.286 e. The highest BCUT2D eigenvalue weighted by atomic mass is 127. The van der Waals surface area contributed by atoms with E-state index in [4.69, 9.17) is 0 Å². The molecular formula is C13H14INS. The number of halogens is 1. The Morgan fingerprint density at radius 2 is 1.94 bits per heavy atom. The molecule has 0 bridgehead atoms. The molecule has 84 valence electrons. The summed E-state index contributed by atoms with van der Waals surface area (Å²) in [6.07, 6.45) is 5.29. The number of benzene rings is 1. The van der Waals surface area contributed by atoms with Gasteiger partial charge >= 0.3 is 0 Å². The molecule has 0 N–H and O–H groups in total. The Kier molecular flexibility index (Phi) is 3.16. The van der Waals surface area contributed by atoms with Crippen LogP contribution in [0.25, 0.3) is 0 Å². The van der Waals surface area contributed by atoms with Crippen LogP contribution in [-0.4, -0.2) is 5.75 Å². The summed E-state index contributed by atoms with van der Waals surface area (Å²) in [4.78, 5) is 1.42. The summed E-state index contributed by atoms with van der Waals surface area (Å²) >= 11 is 4.46. The van der Waals surface area contributed by atoms with E-state index in [9.17, 15) is 0 Å². The second kappa shape index (κ2) is 4.61. The van der Waals surface area contributed by atoms with Crippen molar-refractivity contribution in [3.8, 4) is 0 Å². The lowest BCUT2D eigenvalue weighted by Gasteiger charge is -2.25. The van der Waals surface area contributed by atoms with E-state index >= 15 is 0 Å². The third-order valence-electron chi connectivity index (χ3n) is 3.27. The normalized spacial score (nSPS) is 20.2. The highest BCUT2D eigenvalue weighted by Gasteiger charge is 2.23. The Labute approximate surface area is 115 Å².